The van der Waals surface area contributed by atoms with E-state index < -0.39 is 0 Å². The summed E-state index contributed by atoms with van der Waals surface area (Å²) in [5, 5.41) is 2.59. The van der Waals surface area contributed by atoms with Crippen molar-refractivity contribution in [1.29, 1.82) is 0 Å². The van der Waals surface area contributed by atoms with E-state index in [1.54, 1.807) is 0 Å². The monoisotopic (exact) mass is 241 g/mol. The summed E-state index contributed by atoms with van der Waals surface area (Å²) in [5.41, 5.74) is 0. The van der Waals surface area contributed by atoms with Crippen LogP contribution in [0.25, 0.3) is 0 Å². The van der Waals surface area contributed by atoms with Crippen LogP contribution in [0, 0.1) is 11.8 Å². The number of hydrogen-bond donors (Lipinski definition) is 1. The molecule has 2 nitrogen and oxygen atoms in total. The fourth-order valence-corrected chi connectivity index (χ4v) is 1.69. The quantitative estimate of drug-likeness (QED) is 0.791. The lowest BCUT2D eigenvalue weighted by atomic mass is 9.89. The molecule has 1 aliphatic rings. The molecule has 0 saturated carbocycles. The topological polar surface area (TPSA) is 29.1 Å². The summed E-state index contributed by atoms with van der Waals surface area (Å²) in [7, 11) is 0. The summed E-state index contributed by atoms with van der Waals surface area (Å²) in [6.45, 7) is 5.47. The Hall–Kier alpha value is -0.830. The zero-order chi connectivity index (χ0) is 9.84. The fraction of sp³-hybridized carbons (Fsp3) is 0.300. The van der Waals surface area contributed by atoms with Crippen molar-refractivity contribution in [2.45, 2.75) is 6.92 Å². The van der Waals surface area contributed by atoms with Crippen LogP contribution in [-0.4, -0.2) is 5.91 Å². The predicted octanol–water partition coefficient (Wildman–Crippen LogP) is 2.35. The van der Waals surface area contributed by atoms with Crippen LogP contribution in [0.4, 0.5) is 0 Å². The molecule has 1 amide bonds. The lowest BCUT2D eigenvalue weighted by molar-refractivity contribution is -0.123. The number of carbonyl (C=O) groups is 1. The summed E-state index contributed by atoms with van der Waals surface area (Å²) in [5.74, 6) is 0.127. The van der Waals surface area contributed by atoms with Gasteiger partial charge in [0.05, 0.1) is 5.92 Å². The van der Waals surface area contributed by atoms with Crippen LogP contribution in [-0.2, 0) is 4.79 Å². The van der Waals surface area contributed by atoms with Gasteiger partial charge in [0.25, 0.3) is 0 Å². The first-order valence-corrected chi connectivity index (χ1v) is 4.91. The molecule has 0 aromatic rings. The van der Waals surface area contributed by atoms with Gasteiger partial charge in [0.15, 0.2) is 0 Å². The van der Waals surface area contributed by atoms with Crippen LogP contribution >= 0.6 is 15.9 Å². The van der Waals surface area contributed by atoms with Gasteiger partial charge in [-0.25, -0.2) is 0 Å². The van der Waals surface area contributed by atoms with Crippen LogP contribution in [0.2, 0.25) is 0 Å². The summed E-state index contributed by atoms with van der Waals surface area (Å²) in [6, 6.07) is 0. The van der Waals surface area contributed by atoms with Crippen molar-refractivity contribution in [3.8, 4) is 0 Å². The van der Waals surface area contributed by atoms with Crippen molar-refractivity contribution < 1.29 is 4.79 Å². The Balaban J connectivity index is 2.74. The highest BCUT2D eigenvalue weighted by atomic mass is 79.9. The van der Waals surface area contributed by atoms with E-state index in [1.165, 1.54) is 6.20 Å². The fourth-order valence-electron chi connectivity index (χ4n) is 1.25. The molecule has 0 saturated heterocycles. The lowest BCUT2D eigenvalue weighted by Gasteiger charge is -2.19. The van der Waals surface area contributed by atoms with Crippen molar-refractivity contribution in [3.05, 3.63) is 35.5 Å². The van der Waals surface area contributed by atoms with E-state index >= 15 is 0 Å². The van der Waals surface area contributed by atoms with Crippen LogP contribution in [0.3, 0.4) is 0 Å². The molecule has 0 spiro atoms. The van der Waals surface area contributed by atoms with E-state index in [-0.39, 0.29) is 17.7 Å². The summed E-state index contributed by atoms with van der Waals surface area (Å²) < 4.78 is 0.954. The minimum absolute atomic E-state index is 0.0104. The Bertz CT molecular complexity index is 281. The molecule has 1 N–H and O–H groups in total. The SMILES string of the molecule is C=CNC(=O)C1C=C(Br)C=CC1C. The highest BCUT2D eigenvalue weighted by Gasteiger charge is 2.22. The van der Waals surface area contributed by atoms with Crippen molar-refractivity contribution >= 4 is 21.8 Å². The van der Waals surface area contributed by atoms with Gasteiger partial charge in [-0.3, -0.25) is 4.79 Å². The second-order valence-corrected chi connectivity index (χ2v) is 3.92. The Morgan fingerprint density at radius 2 is 2.46 bits per heavy atom. The highest BCUT2D eigenvalue weighted by molar-refractivity contribution is 9.11. The second-order valence-electron chi connectivity index (χ2n) is 3.01. The summed E-state index contributed by atoms with van der Waals surface area (Å²) in [4.78, 5) is 11.5. The lowest BCUT2D eigenvalue weighted by Crippen LogP contribution is -2.30. The number of rotatable bonds is 2. The number of nitrogens with one attached hydrogen (secondary N) is 1. The van der Waals surface area contributed by atoms with Crippen LogP contribution < -0.4 is 5.32 Å². The average Bonchev–Trinajstić information content (AvgIpc) is 2.09. The average molecular weight is 242 g/mol. The van der Waals surface area contributed by atoms with Gasteiger partial charge < -0.3 is 5.32 Å². The number of halogens is 1. The molecule has 0 aromatic heterocycles. The minimum Gasteiger partial charge on any atom is -0.333 e. The predicted molar refractivity (Wildman–Crippen MR) is 57.1 cm³/mol. The maximum Gasteiger partial charge on any atom is 0.231 e. The largest absolute Gasteiger partial charge is 0.333 e. The molecule has 13 heavy (non-hydrogen) atoms. The van der Waals surface area contributed by atoms with Gasteiger partial charge in [0.1, 0.15) is 0 Å². The normalized spacial score (nSPS) is 26.5. The molecular weight excluding hydrogens is 230 g/mol. The Labute approximate surface area is 86.5 Å². The minimum atomic E-state index is -0.0997. The molecular formula is C10H12BrNO. The maximum absolute atomic E-state index is 11.5. The molecule has 0 heterocycles. The van der Waals surface area contributed by atoms with Crippen LogP contribution in [0.15, 0.2) is 35.5 Å². The molecule has 0 bridgehead atoms. The molecule has 2 unspecified atom stereocenters. The van der Waals surface area contributed by atoms with E-state index in [0.29, 0.717) is 0 Å². The first kappa shape index (κ1) is 10.3. The zero-order valence-electron chi connectivity index (χ0n) is 7.46. The van der Waals surface area contributed by atoms with Gasteiger partial charge in [-0.1, -0.05) is 47.7 Å². The van der Waals surface area contributed by atoms with E-state index in [0.717, 1.165) is 4.48 Å². The molecule has 1 aliphatic carbocycles. The number of hydrogen-bond acceptors (Lipinski definition) is 1. The molecule has 70 valence electrons. The molecule has 0 fully saturated rings. The second kappa shape index (κ2) is 4.42. The van der Waals surface area contributed by atoms with Gasteiger partial charge in [0.2, 0.25) is 5.91 Å². The number of amides is 1. The molecule has 0 radical (unpaired) electrons. The molecule has 0 aromatic carbocycles. The van der Waals surface area contributed by atoms with Crippen molar-refractivity contribution in [2.75, 3.05) is 0 Å². The third kappa shape index (κ3) is 2.56. The van der Waals surface area contributed by atoms with Crippen LogP contribution in [0.1, 0.15) is 6.92 Å². The number of allylic oxidation sites excluding steroid dienone is 3. The third-order valence-electron chi connectivity index (χ3n) is 2.01. The zero-order valence-corrected chi connectivity index (χ0v) is 9.04. The van der Waals surface area contributed by atoms with Gasteiger partial charge in [-0.2, -0.15) is 0 Å². The molecule has 2 atom stereocenters. The Morgan fingerprint density at radius 1 is 1.77 bits per heavy atom. The third-order valence-corrected chi connectivity index (χ3v) is 2.54. The standard InChI is InChI=1S/C10H12BrNO/c1-3-12-10(13)9-6-8(11)5-4-7(9)2/h3-7,9H,1H2,2H3,(H,12,13). The van der Waals surface area contributed by atoms with Gasteiger partial charge in [0, 0.05) is 4.48 Å². The van der Waals surface area contributed by atoms with Gasteiger partial charge in [-0.05, 0) is 12.1 Å². The Morgan fingerprint density at radius 3 is 3.08 bits per heavy atom. The summed E-state index contributed by atoms with van der Waals surface area (Å²) in [6.07, 6.45) is 7.29. The van der Waals surface area contributed by atoms with E-state index in [4.69, 9.17) is 0 Å². The highest BCUT2D eigenvalue weighted by Crippen LogP contribution is 2.25. The van der Waals surface area contributed by atoms with Crippen LogP contribution in [0.5, 0.6) is 0 Å². The Kier molecular flexibility index (Phi) is 3.48. The maximum atomic E-state index is 11.5. The first-order valence-electron chi connectivity index (χ1n) is 4.12. The van der Waals surface area contributed by atoms with Gasteiger partial charge >= 0.3 is 0 Å². The van der Waals surface area contributed by atoms with Crippen molar-refractivity contribution in [1.82, 2.24) is 5.32 Å². The van der Waals surface area contributed by atoms with E-state index in [2.05, 4.69) is 27.8 Å². The molecule has 1 rings (SSSR count). The number of carbonyl (C=O) groups excluding carboxylic acids is 1. The smallest absolute Gasteiger partial charge is 0.231 e. The first-order chi connectivity index (χ1) is 6.15. The van der Waals surface area contributed by atoms with E-state index in [1.807, 2.05) is 25.2 Å². The molecule has 0 aliphatic heterocycles. The van der Waals surface area contributed by atoms with Gasteiger partial charge in [-0.15, -0.1) is 0 Å². The molecule has 3 heteroatoms. The van der Waals surface area contributed by atoms with Crippen molar-refractivity contribution in [2.24, 2.45) is 11.8 Å². The summed E-state index contributed by atoms with van der Waals surface area (Å²) >= 11 is 3.34. The van der Waals surface area contributed by atoms with E-state index in [9.17, 15) is 4.79 Å². The van der Waals surface area contributed by atoms with Crippen molar-refractivity contribution in [3.63, 3.8) is 0 Å².